The van der Waals surface area contributed by atoms with Gasteiger partial charge in [-0.1, -0.05) is 6.07 Å². The van der Waals surface area contributed by atoms with E-state index in [0.29, 0.717) is 24.3 Å². The summed E-state index contributed by atoms with van der Waals surface area (Å²) in [7, 11) is 1.72. The van der Waals surface area contributed by atoms with Gasteiger partial charge in [0, 0.05) is 19.8 Å². The molecule has 2 aromatic rings. The second-order valence-corrected chi connectivity index (χ2v) is 4.73. The predicted octanol–water partition coefficient (Wildman–Crippen LogP) is 2.54. The number of anilines is 1. The molecular formula is C16H18FN3O. The van der Waals surface area contributed by atoms with Crippen LogP contribution in [0.5, 0.6) is 0 Å². The molecule has 0 aliphatic carbocycles. The molecule has 0 saturated carbocycles. The first kappa shape index (κ1) is 15.0. The van der Waals surface area contributed by atoms with Gasteiger partial charge in [0.1, 0.15) is 11.6 Å². The Hall–Kier alpha value is -2.43. The molecule has 1 amide bonds. The van der Waals surface area contributed by atoms with Crippen LogP contribution in [0.15, 0.2) is 36.5 Å². The lowest BCUT2D eigenvalue weighted by Gasteiger charge is -2.10. The zero-order chi connectivity index (χ0) is 15.2. The van der Waals surface area contributed by atoms with E-state index in [9.17, 15) is 9.18 Å². The lowest BCUT2D eigenvalue weighted by Crippen LogP contribution is -2.26. The molecule has 0 aliphatic rings. The number of aryl methyl sites for hydroxylation is 1. The van der Waals surface area contributed by atoms with Gasteiger partial charge in [0.25, 0.3) is 5.91 Å². The van der Waals surface area contributed by atoms with Crippen molar-refractivity contribution in [3.63, 3.8) is 0 Å². The molecule has 110 valence electrons. The van der Waals surface area contributed by atoms with Crippen LogP contribution in [0.1, 0.15) is 21.5 Å². The average molecular weight is 287 g/mol. The molecule has 0 fully saturated rings. The minimum atomic E-state index is -0.241. The van der Waals surface area contributed by atoms with Crippen LogP contribution in [0, 0.1) is 12.7 Å². The van der Waals surface area contributed by atoms with Gasteiger partial charge in [-0.2, -0.15) is 0 Å². The third-order valence-electron chi connectivity index (χ3n) is 3.27. The summed E-state index contributed by atoms with van der Waals surface area (Å²) in [6.07, 6.45) is 2.29. The summed E-state index contributed by atoms with van der Waals surface area (Å²) < 4.78 is 13.0. The maximum absolute atomic E-state index is 13.0. The zero-order valence-electron chi connectivity index (χ0n) is 12.1. The molecule has 4 nitrogen and oxygen atoms in total. The van der Waals surface area contributed by atoms with E-state index >= 15 is 0 Å². The van der Waals surface area contributed by atoms with Gasteiger partial charge in [-0.25, -0.2) is 9.37 Å². The van der Waals surface area contributed by atoms with Crippen LogP contribution in [0.4, 0.5) is 10.2 Å². The summed E-state index contributed by atoms with van der Waals surface area (Å²) in [6, 6.07) is 8.12. The third kappa shape index (κ3) is 3.78. The first-order valence-corrected chi connectivity index (χ1v) is 6.78. The molecule has 5 heteroatoms. The molecule has 0 spiro atoms. The van der Waals surface area contributed by atoms with Crippen molar-refractivity contribution in [1.82, 2.24) is 10.3 Å². The minimum absolute atomic E-state index is 0.174. The van der Waals surface area contributed by atoms with E-state index in [1.165, 1.54) is 12.1 Å². The average Bonchev–Trinajstić information content (AvgIpc) is 2.49. The standard InChI is InChI=1S/C16H18FN3O/c1-11-10-13(17)6-5-12(11)7-9-20-16(21)14-4-3-8-19-15(14)18-2/h3-6,8,10H,7,9H2,1-2H3,(H,18,19)(H,20,21). The van der Waals surface area contributed by atoms with E-state index in [-0.39, 0.29) is 11.7 Å². The number of halogens is 1. The van der Waals surface area contributed by atoms with Crippen LogP contribution in [-0.4, -0.2) is 24.5 Å². The van der Waals surface area contributed by atoms with Gasteiger partial charge in [0.15, 0.2) is 0 Å². The highest BCUT2D eigenvalue weighted by Crippen LogP contribution is 2.12. The molecule has 0 atom stereocenters. The lowest BCUT2D eigenvalue weighted by molar-refractivity contribution is 0.0954. The molecule has 0 saturated heterocycles. The first-order chi connectivity index (χ1) is 10.1. The quantitative estimate of drug-likeness (QED) is 0.888. The molecule has 1 aromatic carbocycles. The Morgan fingerprint density at radius 1 is 1.33 bits per heavy atom. The fourth-order valence-corrected chi connectivity index (χ4v) is 2.13. The highest BCUT2D eigenvalue weighted by Gasteiger charge is 2.10. The van der Waals surface area contributed by atoms with E-state index < -0.39 is 0 Å². The van der Waals surface area contributed by atoms with Crippen molar-refractivity contribution in [2.24, 2.45) is 0 Å². The highest BCUT2D eigenvalue weighted by atomic mass is 19.1. The molecule has 0 unspecified atom stereocenters. The van der Waals surface area contributed by atoms with Crippen molar-refractivity contribution < 1.29 is 9.18 Å². The van der Waals surface area contributed by atoms with Gasteiger partial charge in [-0.15, -0.1) is 0 Å². The Bertz CT molecular complexity index is 643. The van der Waals surface area contributed by atoms with Crippen LogP contribution in [0.3, 0.4) is 0 Å². The SMILES string of the molecule is CNc1ncccc1C(=O)NCCc1ccc(F)cc1C. The number of hydrogen-bond donors (Lipinski definition) is 2. The number of nitrogens with one attached hydrogen (secondary N) is 2. The number of aromatic nitrogens is 1. The molecule has 1 heterocycles. The van der Waals surface area contributed by atoms with Crippen LogP contribution in [0.25, 0.3) is 0 Å². The fraction of sp³-hybridized carbons (Fsp3) is 0.250. The second kappa shape index (κ2) is 6.83. The zero-order valence-corrected chi connectivity index (χ0v) is 12.1. The van der Waals surface area contributed by atoms with Gasteiger partial charge in [0.05, 0.1) is 5.56 Å². The number of carbonyl (C=O) groups excluding carboxylic acids is 1. The van der Waals surface area contributed by atoms with Crippen molar-refractivity contribution in [2.45, 2.75) is 13.3 Å². The normalized spacial score (nSPS) is 10.2. The monoisotopic (exact) mass is 287 g/mol. The Kier molecular flexibility index (Phi) is 4.87. The Morgan fingerprint density at radius 2 is 2.14 bits per heavy atom. The highest BCUT2D eigenvalue weighted by molar-refractivity contribution is 5.98. The summed E-state index contributed by atoms with van der Waals surface area (Å²) in [6.45, 7) is 2.35. The largest absolute Gasteiger partial charge is 0.372 e. The minimum Gasteiger partial charge on any atom is -0.372 e. The molecule has 0 aliphatic heterocycles. The lowest BCUT2D eigenvalue weighted by atomic mass is 10.1. The van der Waals surface area contributed by atoms with Crippen LogP contribution < -0.4 is 10.6 Å². The van der Waals surface area contributed by atoms with Crippen molar-refractivity contribution in [3.05, 3.63) is 59.0 Å². The van der Waals surface area contributed by atoms with Gasteiger partial charge in [0.2, 0.25) is 0 Å². The Labute approximate surface area is 123 Å². The molecular weight excluding hydrogens is 269 g/mol. The number of carbonyl (C=O) groups is 1. The molecule has 2 N–H and O–H groups in total. The van der Waals surface area contributed by atoms with E-state index in [1.54, 1.807) is 31.4 Å². The van der Waals surface area contributed by atoms with Crippen LogP contribution in [-0.2, 0) is 6.42 Å². The van der Waals surface area contributed by atoms with Gasteiger partial charge in [-0.3, -0.25) is 4.79 Å². The Balaban J connectivity index is 1.95. The van der Waals surface area contributed by atoms with Gasteiger partial charge < -0.3 is 10.6 Å². The number of pyridine rings is 1. The summed E-state index contributed by atoms with van der Waals surface area (Å²) in [5.74, 6) is 0.134. The first-order valence-electron chi connectivity index (χ1n) is 6.78. The molecule has 0 radical (unpaired) electrons. The summed E-state index contributed by atoms with van der Waals surface area (Å²) in [5.41, 5.74) is 2.43. The topological polar surface area (TPSA) is 54.0 Å². The van der Waals surface area contributed by atoms with E-state index in [2.05, 4.69) is 15.6 Å². The van der Waals surface area contributed by atoms with Crippen LogP contribution >= 0.6 is 0 Å². The van der Waals surface area contributed by atoms with Crippen LogP contribution in [0.2, 0.25) is 0 Å². The van der Waals surface area contributed by atoms with E-state index in [1.807, 2.05) is 6.92 Å². The number of benzene rings is 1. The third-order valence-corrected chi connectivity index (χ3v) is 3.27. The van der Waals surface area contributed by atoms with Gasteiger partial charge in [-0.05, 0) is 48.7 Å². The Morgan fingerprint density at radius 3 is 2.86 bits per heavy atom. The maximum atomic E-state index is 13.0. The van der Waals surface area contributed by atoms with E-state index in [4.69, 9.17) is 0 Å². The van der Waals surface area contributed by atoms with Crippen molar-refractivity contribution in [2.75, 3.05) is 18.9 Å². The molecule has 1 aromatic heterocycles. The predicted molar refractivity (Wildman–Crippen MR) is 81.0 cm³/mol. The maximum Gasteiger partial charge on any atom is 0.255 e. The second-order valence-electron chi connectivity index (χ2n) is 4.73. The number of amides is 1. The number of hydrogen-bond acceptors (Lipinski definition) is 3. The van der Waals surface area contributed by atoms with Gasteiger partial charge >= 0.3 is 0 Å². The van der Waals surface area contributed by atoms with Crippen molar-refractivity contribution in [1.29, 1.82) is 0 Å². The van der Waals surface area contributed by atoms with E-state index in [0.717, 1.165) is 11.1 Å². The molecule has 21 heavy (non-hydrogen) atoms. The number of nitrogens with zero attached hydrogens (tertiary/aromatic N) is 1. The summed E-state index contributed by atoms with van der Waals surface area (Å²) in [5, 5.41) is 5.74. The number of rotatable bonds is 5. The summed E-state index contributed by atoms with van der Waals surface area (Å²) in [4.78, 5) is 16.2. The van der Waals surface area contributed by atoms with Crippen molar-refractivity contribution in [3.8, 4) is 0 Å². The summed E-state index contributed by atoms with van der Waals surface area (Å²) >= 11 is 0. The molecule has 2 rings (SSSR count). The smallest absolute Gasteiger partial charge is 0.255 e. The van der Waals surface area contributed by atoms with Crippen molar-refractivity contribution >= 4 is 11.7 Å². The molecule has 0 bridgehead atoms. The fourth-order valence-electron chi connectivity index (χ4n) is 2.13.